The molecule has 0 amide bonds. The minimum absolute atomic E-state index is 0.0523. The number of aliphatic imine (C=N–C) groups is 1. The number of piperidine rings is 1. The number of nitrogens with two attached hydrogens (primary N) is 1. The molecule has 154 valence electrons. The van der Waals surface area contributed by atoms with Crippen LogP contribution in [0.25, 0.3) is 0 Å². The Bertz CT molecular complexity index is 890. The van der Waals surface area contributed by atoms with Gasteiger partial charge in [0.25, 0.3) is 0 Å². The fraction of sp³-hybridized carbons (Fsp3) is 0.350. The second kappa shape index (κ2) is 9.04. The van der Waals surface area contributed by atoms with Crippen molar-refractivity contribution in [3.8, 4) is 5.75 Å². The first-order valence-electron chi connectivity index (χ1n) is 9.20. The number of aromatic nitrogens is 1. The number of hydrogen-bond acceptors (Lipinski definition) is 6. The third-order valence-corrected chi connectivity index (χ3v) is 4.90. The van der Waals surface area contributed by atoms with Gasteiger partial charge in [0, 0.05) is 12.7 Å². The summed E-state index contributed by atoms with van der Waals surface area (Å²) in [5, 5.41) is 13.3. The molecule has 0 saturated carbocycles. The third-order valence-electron chi connectivity index (χ3n) is 4.90. The van der Waals surface area contributed by atoms with Crippen LogP contribution in [-0.4, -0.2) is 46.6 Å². The number of pyridine rings is 1. The highest BCUT2D eigenvalue weighted by atomic mass is 19.4. The molecule has 0 bridgehead atoms. The SMILES string of the molecule is NN=C(C=Nc1cc(C(F)(F)F)ccn1)CN1CCC(c2cccc(O)c2)CC1. The zero-order valence-corrected chi connectivity index (χ0v) is 15.7. The van der Waals surface area contributed by atoms with Crippen molar-refractivity contribution >= 4 is 17.7 Å². The molecule has 1 aliphatic rings. The number of hydrogen-bond donors (Lipinski definition) is 2. The summed E-state index contributed by atoms with van der Waals surface area (Å²) in [5.74, 6) is 6.02. The largest absolute Gasteiger partial charge is 0.508 e. The Morgan fingerprint density at radius 1 is 1.24 bits per heavy atom. The molecule has 2 aromatic rings. The molecular formula is C20H22F3N5O. The number of likely N-dealkylation sites (tertiary alicyclic amines) is 1. The van der Waals surface area contributed by atoms with E-state index in [0.717, 1.165) is 49.8 Å². The van der Waals surface area contributed by atoms with Gasteiger partial charge in [-0.3, -0.25) is 4.90 Å². The van der Waals surface area contributed by atoms with Gasteiger partial charge in [0.2, 0.25) is 0 Å². The highest BCUT2D eigenvalue weighted by molar-refractivity contribution is 6.31. The fourth-order valence-electron chi connectivity index (χ4n) is 3.35. The van der Waals surface area contributed by atoms with Crippen LogP contribution in [0.4, 0.5) is 19.0 Å². The van der Waals surface area contributed by atoms with E-state index in [4.69, 9.17) is 5.84 Å². The van der Waals surface area contributed by atoms with Crippen molar-refractivity contribution in [3.63, 3.8) is 0 Å². The number of rotatable bonds is 5. The van der Waals surface area contributed by atoms with Gasteiger partial charge in [0.1, 0.15) is 5.75 Å². The van der Waals surface area contributed by atoms with E-state index in [9.17, 15) is 18.3 Å². The summed E-state index contributed by atoms with van der Waals surface area (Å²) in [6.45, 7) is 2.08. The summed E-state index contributed by atoms with van der Waals surface area (Å²) in [5.41, 5.74) is 0.773. The lowest BCUT2D eigenvalue weighted by atomic mass is 9.89. The normalized spacial score (nSPS) is 17.1. The molecule has 1 aromatic carbocycles. The van der Waals surface area contributed by atoms with Crippen LogP contribution >= 0.6 is 0 Å². The minimum atomic E-state index is -4.45. The molecule has 3 rings (SSSR count). The van der Waals surface area contributed by atoms with Crippen LogP contribution in [0.3, 0.4) is 0 Å². The molecule has 0 unspecified atom stereocenters. The van der Waals surface area contributed by atoms with E-state index in [0.29, 0.717) is 18.2 Å². The van der Waals surface area contributed by atoms with Crippen molar-refractivity contribution in [2.75, 3.05) is 19.6 Å². The molecule has 0 spiro atoms. The van der Waals surface area contributed by atoms with Crippen LogP contribution in [-0.2, 0) is 6.18 Å². The van der Waals surface area contributed by atoms with Gasteiger partial charge in [-0.25, -0.2) is 9.98 Å². The molecule has 2 heterocycles. The van der Waals surface area contributed by atoms with Crippen LogP contribution in [0.5, 0.6) is 5.75 Å². The highest BCUT2D eigenvalue weighted by Crippen LogP contribution is 2.31. The molecular weight excluding hydrogens is 383 g/mol. The van der Waals surface area contributed by atoms with Crippen LogP contribution in [0.15, 0.2) is 52.7 Å². The summed E-state index contributed by atoms with van der Waals surface area (Å²) in [6, 6.07) is 9.08. The van der Waals surface area contributed by atoms with Crippen molar-refractivity contribution in [1.82, 2.24) is 9.88 Å². The molecule has 6 nitrogen and oxygen atoms in total. The van der Waals surface area contributed by atoms with Gasteiger partial charge in [0.15, 0.2) is 5.82 Å². The Labute approximate surface area is 166 Å². The third kappa shape index (κ3) is 5.77. The van der Waals surface area contributed by atoms with Crippen LogP contribution in [0.2, 0.25) is 0 Å². The standard InChI is InChI=1S/C20H22F3N5O/c21-20(22,23)16-4-7-25-19(11-16)26-12-17(27-24)13-28-8-5-14(6-9-28)15-2-1-3-18(29)10-15/h1-4,7,10-12,14,29H,5-6,8-9,13,24H2. The number of benzene rings is 1. The van der Waals surface area contributed by atoms with Gasteiger partial charge in [-0.2, -0.15) is 18.3 Å². The number of nitrogens with zero attached hydrogens (tertiary/aromatic N) is 4. The van der Waals surface area contributed by atoms with E-state index in [2.05, 4.69) is 20.0 Å². The molecule has 1 aromatic heterocycles. The average molecular weight is 405 g/mol. The fourth-order valence-corrected chi connectivity index (χ4v) is 3.35. The van der Waals surface area contributed by atoms with Gasteiger partial charge in [0.05, 0.1) is 17.5 Å². The summed E-state index contributed by atoms with van der Waals surface area (Å²) in [6.07, 6.45) is -0.177. The molecule has 9 heteroatoms. The zero-order valence-electron chi connectivity index (χ0n) is 15.7. The van der Waals surface area contributed by atoms with Crippen molar-refractivity contribution < 1.29 is 18.3 Å². The molecule has 1 fully saturated rings. The van der Waals surface area contributed by atoms with E-state index in [1.807, 2.05) is 12.1 Å². The first-order valence-corrected chi connectivity index (χ1v) is 9.20. The summed E-state index contributed by atoms with van der Waals surface area (Å²) in [7, 11) is 0. The van der Waals surface area contributed by atoms with Crippen LogP contribution in [0.1, 0.15) is 29.9 Å². The molecule has 1 saturated heterocycles. The Kier molecular flexibility index (Phi) is 6.48. The van der Waals surface area contributed by atoms with Gasteiger partial charge >= 0.3 is 6.18 Å². The number of halogens is 3. The second-order valence-electron chi connectivity index (χ2n) is 6.92. The molecule has 29 heavy (non-hydrogen) atoms. The quantitative estimate of drug-likeness (QED) is 0.451. The topological polar surface area (TPSA) is 87.1 Å². The lowest BCUT2D eigenvalue weighted by molar-refractivity contribution is -0.137. The van der Waals surface area contributed by atoms with E-state index >= 15 is 0 Å². The number of aromatic hydroxyl groups is 1. The number of alkyl halides is 3. The first kappa shape index (κ1) is 20.8. The summed E-state index contributed by atoms with van der Waals surface area (Å²) in [4.78, 5) is 9.98. The van der Waals surface area contributed by atoms with Crippen LogP contribution in [0, 0.1) is 0 Å². The maximum absolute atomic E-state index is 12.8. The van der Waals surface area contributed by atoms with Gasteiger partial charge < -0.3 is 10.9 Å². The Hall–Kier alpha value is -2.94. The van der Waals surface area contributed by atoms with Gasteiger partial charge in [-0.15, -0.1) is 0 Å². The van der Waals surface area contributed by atoms with E-state index in [1.54, 1.807) is 12.1 Å². The monoisotopic (exact) mass is 405 g/mol. The number of phenols is 1. The van der Waals surface area contributed by atoms with Crippen molar-refractivity contribution in [2.45, 2.75) is 24.9 Å². The first-order chi connectivity index (χ1) is 13.8. The molecule has 0 atom stereocenters. The second-order valence-corrected chi connectivity index (χ2v) is 6.92. The molecule has 0 radical (unpaired) electrons. The predicted octanol–water partition coefficient (Wildman–Crippen LogP) is 3.70. The van der Waals surface area contributed by atoms with Crippen LogP contribution < -0.4 is 5.84 Å². The maximum atomic E-state index is 12.8. The average Bonchev–Trinajstić information content (AvgIpc) is 2.71. The van der Waals surface area contributed by atoms with E-state index in [-0.39, 0.29) is 11.6 Å². The van der Waals surface area contributed by atoms with Gasteiger partial charge in [-0.1, -0.05) is 12.1 Å². The lowest BCUT2D eigenvalue weighted by Crippen LogP contribution is -2.37. The van der Waals surface area contributed by atoms with Crippen molar-refractivity contribution in [2.24, 2.45) is 15.9 Å². The maximum Gasteiger partial charge on any atom is 0.416 e. The summed E-state index contributed by atoms with van der Waals surface area (Å²) < 4.78 is 38.3. The predicted molar refractivity (Wildman–Crippen MR) is 106 cm³/mol. The zero-order chi connectivity index (χ0) is 20.9. The lowest BCUT2D eigenvalue weighted by Gasteiger charge is -2.32. The van der Waals surface area contributed by atoms with Crippen molar-refractivity contribution in [3.05, 3.63) is 53.7 Å². The Morgan fingerprint density at radius 3 is 2.66 bits per heavy atom. The van der Waals surface area contributed by atoms with E-state index < -0.39 is 11.7 Å². The number of phenolic OH excluding ortho intramolecular Hbond substituents is 1. The number of hydrazone groups is 1. The molecule has 0 aliphatic carbocycles. The smallest absolute Gasteiger partial charge is 0.416 e. The van der Waals surface area contributed by atoms with E-state index in [1.165, 1.54) is 6.21 Å². The molecule has 3 N–H and O–H groups in total. The highest BCUT2D eigenvalue weighted by Gasteiger charge is 2.30. The summed E-state index contributed by atoms with van der Waals surface area (Å²) >= 11 is 0. The minimum Gasteiger partial charge on any atom is -0.508 e. The van der Waals surface area contributed by atoms with Gasteiger partial charge in [-0.05, 0) is 61.7 Å². The Balaban J connectivity index is 1.57. The Morgan fingerprint density at radius 2 is 2.00 bits per heavy atom. The van der Waals surface area contributed by atoms with Crippen molar-refractivity contribution in [1.29, 1.82) is 0 Å². The molecule has 1 aliphatic heterocycles.